The van der Waals surface area contributed by atoms with E-state index in [9.17, 15) is 13.2 Å². The molecule has 0 radical (unpaired) electrons. The van der Waals surface area contributed by atoms with E-state index in [-0.39, 0.29) is 23.2 Å². The van der Waals surface area contributed by atoms with Crippen LogP contribution in [0.5, 0.6) is 5.75 Å². The Labute approximate surface area is 196 Å². The largest absolute Gasteiger partial charge is 0.497 e. The highest BCUT2D eigenvalue weighted by Gasteiger charge is 2.32. The quantitative estimate of drug-likeness (QED) is 0.448. The van der Waals surface area contributed by atoms with Gasteiger partial charge in [0.25, 0.3) is 5.91 Å². The Morgan fingerprint density at radius 3 is 2.53 bits per heavy atom. The minimum absolute atomic E-state index is 0.0165. The topological polar surface area (TPSA) is 116 Å². The summed E-state index contributed by atoms with van der Waals surface area (Å²) < 4.78 is 36.2. The van der Waals surface area contributed by atoms with E-state index in [1.807, 2.05) is 42.5 Å². The first-order chi connectivity index (χ1) is 16.4. The molecular weight excluding hydrogens is 456 g/mol. The van der Waals surface area contributed by atoms with Gasteiger partial charge in [-0.05, 0) is 30.7 Å². The number of aromatic nitrogens is 3. The molecule has 2 aromatic heterocycles. The molecule has 174 valence electrons. The Morgan fingerprint density at radius 1 is 1.09 bits per heavy atom. The van der Waals surface area contributed by atoms with Gasteiger partial charge in [0.05, 0.1) is 30.4 Å². The van der Waals surface area contributed by atoms with Crippen molar-refractivity contribution in [2.75, 3.05) is 23.9 Å². The number of sulfone groups is 1. The minimum atomic E-state index is -3.14. The molecule has 0 bridgehead atoms. The van der Waals surface area contributed by atoms with Gasteiger partial charge in [0.1, 0.15) is 11.6 Å². The van der Waals surface area contributed by atoms with E-state index >= 15 is 0 Å². The molecule has 4 aromatic rings. The third kappa shape index (κ3) is 4.44. The number of methoxy groups -OCH3 is 1. The summed E-state index contributed by atoms with van der Waals surface area (Å²) in [6.45, 7) is 0. The number of hydrogen-bond acceptors (Lipinski definition) is 7. The number of rotatable bonds is 6. The van der Waals surface area contributed by atoms with E-state index in [4.69, 9.17) is 9.26 Å². The summed E-state index contributed by atoms with van der Waals surface area (Å²) in [6, 6.07) is 19.6. The molecule has 10 heteroatoms. The lowest BCUT2D eigenvalue weighted by Crippen LogP contribution is -2.19. The number of ether oxygens (including phenoxy) is 1. The van der Waals surface area contributed by atoms with Crippen molar-refractivity contribution in [3.63, 3.8) is 0 Å². The molecule has 1 aliphatic rings. The maximum Gasteiger partial charge on any atom is 0.279 e. The Morgan fingerprint density at radius 2 is 1.85 bits per heavy atom. The van der Waals surface area contributed by atoms with Gasteiger partial charge >= 0.3 is 0 Å². The highest BCUT2D eigenvalue weighted by molar-refractivity contribution is 7.91. The molecule has 3 heterocycles. The van der Waals surface area contributed by atoms with Crippen LogP contribution in [0, 0.1) is 0 Å². The maximum atomic E-state index is 13.0. The molecule has 1 fully saturated rings. The molecule has 0 aliphatic carbocycles. The molecule has 1 atom stereocenters. The lowest BCUT2D eigenvalue weighted by atomic mass is 10.1. The van der Waals surface area contributed by atoms with Crippen LogP contribution in [0.1, 0.15) is 23.0 Å². The number of benzene rings is 2. The summed E-state index contributed by atoms with van der Waals surface area (Å²) in [5.41, 5.74) is 2.35. The average molecular weight is 479 g/mol. The fraction of sp³-hybridized carbons (Fsp3) is 0.208. The summed E-state index contributed by atoms with van der Waals surface area (Å²) in [5, 5.41) is 11.4. The lowest BCUT2D eigenvalue weighted by Gasteiger charge is -2.13. The van der Waals surface area contributed by atoms with Gasteiger partial charge in [-0.1, -0.05) is 35.5 Å². The second kappa shape index (κ2) is 8.79. The normalized spacial score (nSPS) is 16.9. The predicted octanol–water partition coefficient (Wildman–Crippen LogP) is 3.83. The van der Waals surface area contributed by atoms with Crippen LogP contribution in [0.3, 0.4) is 0 Å². The van der Waals surface area contributed by atoms with Gasteiger partial charge in [-0.15, -0.1) is 0 Å². The van der Waals surface area contributed by atoms with Crippen LogP contribution in [0.15, 0.2) is 71.3 Å². The van der Waals surface area contributed by atoms with Crippen molar-refractivity contribution in [1.82, 2.24) is 14.9 Å². The van der Waals surface area contributed by atoms with Crippen LogP contribution >= 0.6 is 0 Å². The molecule has 5 rings (SSSR count). The van der Waals surface area contributed by atoms with Crippen molar-refractivity contribution >= 4 is 21.6 Å². The molecule has 2 aromatic carbocycles. The number of amides is 1. The summed E-state index contributed by atoms with van der Waals surface area (Å²) in [7, 11) is -1.55. The number of carbonyl (C=O) groups excluding carboxylic acids is 1. The van der Waals surface area contributed by atoms with Crippen molar-refractivity contribution in [2.24, 2.45) is 0 Å². The zero-order valence-corrected chi connectivity index (χ0v) is 19.2. The number of anilines is 1. The fourth-order valence-electron chi connectivity index (χ4n) is 3.94. The van der Waals surface area contributed by atoms with Gasteiger partial charge in [0.15, 0.2) is 21.3 Å². The third-order valence-corrected chi connectivity index (χ3v) is 7.47. The van der Waals surface area contributed by atoms with Gasteiger partial charge in [-0.3, -0.25) is 4.79 Å². The van der Waals surface area contributed by atoms with Gasteiger partial charge in [0.2, 0.25) is 0 Å². The van der Waals surface area contributed by atoms with Gasteiger partial charge in [-0.25, -0.2) is 13.1 Å². The van der Waals surface area contributed by atoms with Crippen molar-refractivity contribution in [2.45, 2.75) is 12.5 Å². The molecule has 34 heavy (non-hydrogen) atoms. The van der Waals surface area contributed by atoms with E-state index in [1.54, 1.807) is 36.1 Å². The van der Waals surface area contributed by atoms with Crippen LogP contribution in [0.25, 0.3) is 22.6 Å². The van der Waals surface area contributed by atoms with E-state index in [0.717, 1.165) is 11.1 Å². The second-order valence-electron chi connectivity index (χ2n) is 8.04. The second-order valence-corrected chi connectivity index (χ2v) is 10.3. The molecule has 1 N–H and O–H groups in total. The molecule has 1 amide bonds. The summed E-state index contributed by atoms with van der Waals surface area (Å²) in [6.07, 6.45) is 0.437. The monoisotopic (exact) mass is 478 g/mol. The van der Waals surface area contributed by atoms with Crippen LogP contribution in [0.2, 0.25) is 0 Å². The first-order valence-corrected chi connectivity index (χ1v) is 12.5. The van der Waals surface area contributed by atoms with Crippen molar-refractivity contribution in [3.8, 4) is 28.3 Å². The van der Waals surface area contributed by atoms with Crippen molar-refractivity contribution in [3.05, 3.63) is 72.4 Å². The Balaban J connectivity index is 1.42. The van der Waals surface area contributed by atoms with Gasteiger partial charge < -0.3 is 14.6 Å². The Bertz CT molecular complexity index is 1430. The molecule has 1 aliphatic heterocycles. The number of hydrogen-bond donors (Lipinski definition) is 1. The van der Waals surface area contributed by atoms with E-state index < -0.39 is 15.7 Å². The average Bonchev–Trinajstić information content (AvgIpc) is 3.58. The summed E-state index contributed by atoms with van der Waals surface area (Å²) in [4.78, 5) is 13.0. The fourth-order valence-corrected chi connectivity index (χ4v) is 5.63. The number of nitrogens with one attached hydrogen (secondary N) is 1. The third-order valence-electron chi connectivity index (χ3n) is 5.72. The molecule has 0 unspecified atom stereocenters. The van der Waals surface area contributed by atoms with Crippen LogP contribution in [-0.4, -0.2) is 47.9 Å². The number of carbonyl (C=O) groups is 1. The van der Waals surface area contributed by atoms with E-state index in [0.29, 0.717) is 29.4 Å². The van der Waals surface area contributed by atoms with E-state index in [2.05, 4.69) is 15.6 Å². The van der Waals surface area contributed by atoms with Crippen molar-refractivity contribution in [1.29, 1.82) is 0 Å². The molecular formula is C24H22N4O5S. The summed E-state index contributed by atoms with van der Waals surface area (Å²) >= 11 is 0. The predicted molar refractivity (Wildman–Crippen MR) is 126 cm³/mol. The first-order valence-electron chi connectivity index (χ1n) is 10.7. The number of nitrogens with zero attached hydrogens (tertiary/aromatic N) is 3. The van der Waals surface area contributed by atoms with Crippen LogP contribution in [0.4, 0.5) is 5.82 Å². The van der Waals surface area contributed by atoms with Crippen molar-refractivity contribution < 1.29 is 22.5 Å². The van der Waals surface area contributed by atoms with Crippen LogP contribution in [-0.2, 0) is 9.84 Å². The lowest BCUT2D eigenvalue weighted by molar-refractivity contribution is 0.101. The smallest absolute Gasteiger partial charge is 0.279 e. The van der Waals surface area contributed by atoms with Crippen LogP contribution < -0.4 is 10.1 Å². The standard InChI is InChI=1S/C24H22N4O5S/c1-32-19-9-7-17(8-10-19)22-13-21(27-33-22)24(29)25-23-14-20(16-5-3-2-4-6-16)26-28(23)18-11-12-34(30,31)15-18/h2-10,13-14,18H,11-12,15H2,1H3,(H,25,29)/t18-/m1/s1. The highest BCUT2D eigenvalue weighted by atomic mass is 32.2. The zero-order valence-electron chi connectivity index (χ0n) is 18.3. The maximum absolute atomic E-state index is 13.0. The molecule has 1 saturated heterocycles. The summed E-state index contributed by atoms with van der Waals surface area (Å²) in [5.74, 6) is 1.15. The van der Waals surface area contributed by atoms with E-state index in [1.165, 1.54) is 0 Å². The highest BCUT2D eigenvalue weighted by Crippen LogP contribution is 2.31. The first kappa shape index (κ1) is 21.9. The molecule has 9 nitrogen and oxygen atoms in total. The zero-order chi connectivity index (χ0) is 23.7. The molecule has 0 spiro atoms. The SMILES string of the molecule is COc1ccc(-c2cc(C(=O)Nc3cc(-c4ccccc4)nn3[C@@H]3CCS(=O)(=O)C3)no2)cc1. The molecule has 0 saturated carbocycles. The van der Waals surface area contributed by atoms with Gasteiger partial charge in [-0.2, -0.15) is 5.10 Å². The Hall–Kier alpha value is -3.92. The minimum Gasteiger partial charge on any atom is -0.497 e. The Kier molecular flexibility index (Phi) is 5.66. The van der Waals surface area contributed by atoms with Gasteiger partial charge in [0, 0.05) is 23.3 Å².